The van der Waals surface area contributed by atoms with Gasteiger partial charge in [0.15, 0.2) is 17.2 Å². The Bertz CT molecular complexity index is 1310. The van der Waals surface area contributed by atoms with E-state index in [1.165, 1.54) is 16.7 Å². The molecule has 0 bridgehead atoms. The van der Waals surface area contributed by atoms with Crippen molar-refractivity contribution in [3.05, 3.63) is 46.4 Å². The van der Waals surface area contributed by atoms with Gasteiger partial charge in [-0.2, -0.15) is 4.98 Å². The van der Waals surface area contributed by atoms with Gasteiger partial charge in [-0.1, -0.05) is 59.7 Å². The number of ether oxygens (including phenoxy) is 3. The summed E-state index contributed by atoms with van der Waals surface area (Å²) in [6, 6.07) is 10.8. The zero-order chi connectivity index (χ0) is 25.8. The average molecular weight is 573 g/mol. The molecule has 1 aliphatic heterocycles. The van der Waals surface area contributed by atoms with Gasteiger partial charge in [-0.05, 0) is 31.4 Å². The van der Waals surface area contributed by atoms with Gasteiger partial charge in [0.05, 0.1) is 17.9 Å². The Kier molecular flexibility index (Phi) is 8.10. The van der Waals surface area contributed by atoms with E-state index in [2.05, 4.69) is 31.1 Å². The molecule has 9 nitrogen and oxygen atoms in total. The number of thioether (sulfide) groups is 1. The number of aromatic nitrogens is 3. The zero-order valence-electron chi connectivity index (χ0n) is 20.3. The number of hydrogen-bond donors (Lipinski definition) is 0. The number of fused-ring (bicyclic) bond motifs is 3. The van der Waals surface area contributed by atoms with Crippen LogP contribution in [-0.2, 0) is 9.59 Å². The standard InChI is InChI=1S/C25H25BrN4O5S/c1-5-19(31)30-17-11-9-8-10-15(17)21-23(27-25(36-4)29-28-21)35-24(30)16-12-14(26)13-18(33-7-3)22(16)34-20(32)6-2/h8-13,24H,5-7H2,1-4H3/t24-/m1/s1. The Morgan fingerprint density at radius 2 is 1.92 bits per heavy atom. The highest BCUT2D eigenvalue weighted by molar-refractivity contribution is 9.10. The molecule has 1 atom stereocenters. The first-order valence-corrected chi connectivity index (χ1v) is 13.5. The van der Waals surface area contributed by atoms with E-state index in [1.54, 1.807) is 26.0 Å². The zero-order valence-corrected chi connectivity index (χ0v) is 22.7. The molecular formula is C25H25BrN4O5S. The summed E-state index contributed by atoms with van der Waals surface area (Å²) < 4.78 is 18.7. The second kappa shape index (κ2) is 11.3. The fourth-order valence-electron chi connectivity index (χ4n) is 3.77. The molecule has 0 N–H and O–H groups in total. The van der Waals surface area contributed by atoms with Crippen molar-refractivity contribution in [1.82, 2.24) is 15.2 Å². The maximum Gasteiger partial charge on any atom is 0.311 e. The van der Waals surface area contributed by atoms with Crippen LogP contribution in [0.25, 0.3) is 11.3 Å². The Hall–Kier alpha value is -3.18. The number of hydrogen-bond acceptors (Lipinski definition) is 9. The van der Waals surface area contributed by atoms with Crippen LogP contribution in [0.2, 0.25) is 0 Å². The predicted octanol–water partition coefficient (Wildman–Crippen LogP) is 5.57. The molecule has 0 aliphatic carbocycles. The summed E-state index contributed by atoms with van der Waals surface area (Å²) in [5, 5.41) is 8.97. The Morgan fingerprint density at radius 1 is 1.14 bits per heavy atom. The minimum absolute atomic E-state index is 0.157. The summed E-state index contributed by atoms with van der Waals surface area (Å²) in [5.41, 5.74) is 2.05. The topological polar surface area (TPSA) is 104 Å². The number of amides is 1. The van der Waals surface area contributed by atoms with Crippen LogP contribution < -0.4 is 19.1 Å². The Balaban J connectivity index is 2.03. The lowest BCUT2D eigenvalue weighted by atomic mass is 10.1. The summed E-state index contributed by atoms with van der Waals surface area (Å²) in [6.07, 6.45) is 1.16. The van der Waals surface area contributed by atoms with Crippen LogP contribution in [0.5, 0.6) is 17.4 Å². The lowest BCUT2D eigenvalue weighted by Crippen LogP contribution is -2.37. The van der Waals surface area contributed by atoms with E-state index in [1.807, 2.05) is 37.4 Å². The molecule has 188 valence electrons. The molecule has 11 heteroatoms. The van der Waals surface area contributed by atoms with E-state index >= 15 is 0 Å². The van der Waals surface area contributed by atoms with Crippen molar-refractivity contribution in [2.45, 2.75) is 45.0 Å². The first-order chi connectivity index (χ1) is 17.4. The number of nitrogens with zero attached hydrogens (tertiary/aromatic N) is 4. The van der Waals surface area contributed by atoms with E-state index in [0.29, 0.717) is 44.5 Å². The molecule has 0 fully saturated rings. The van der Waals surface area contributed by atoms with Gasteiger partial charge in [0, 0.05) is 22.9 Å². The van der Waals surface area contributed by atoms with Gasteiger partial charge >= 0.3 is 5.97 Å². The highest BCUT2D eigenvalue weighted by Crippen LogP contribution is 2.47. The predicted molar refractivity (Wildman–Crippen MR) is 139 cm³/mol. The lowest BCUT2D eigenvalue weighted by molar-refractivity contribution is -0.134. The van der Waals surface area contributed by atoms with Crippen LogP contribution in [0.3, 0.4) is 0 Å². The van der Waals surface area contributed by atoms with Crippen LogP contribution in [-0.4, -0.2) is 39.9 Å². The SMILES string of the molecule is CCOc1cc(Br)cc([C@H]2Oc3nc(SC)nnc3-c3ccccc3N2C(=O)CC)c1OC(=O)CC. The van der Waals surface area contributed by atoms with Gasteiger partial charge in [-0.3, -0.25) is 14.5 Å². The fourth-order valence-corrected chi connectivity index (χ4v) is 4.52. The molecule has 4 rings (SSSR count). The summed E-state index contributed by atoms with van der Waals surface area (Å²) in [4.78, 5) is 32.0. The molecule has 1 aromatic heterocycles. The molecule has 1 aliphatic rings. The largest absolute Gasteiger partial charge is 0.490 e. The van der Waals surface area contributed by atoms with E-state index in [4.69, 9.17) is 14.2 Å². The van der Waals surface area contributed by atoms with Crippen LogP contribution in [0, 0.1) is 0 Å². The van der Waals surface area contributed by atoms with E-state index in [0.717, 1.165) is 0 Å². The normalized spacial score (nSPS) is 14.2. The quantitative estimate of drug-likeness (QED) is 0.204. The molecule has 36 heavy (non-hydrogen) atoms. The molecule has 2 aromatic carbocycles. The Labute approximate surface area is 221 Å². The third kappa shape index (κ3) is 5.03. The summed E-state index contributed by atoms with van der Waals surface area (Å²) in [6.45, 7) is 5.65. The number of rotatable bonds is 7. The minimum atomic E-state index is -1.04. The number of esters is 1. The van der Waals surface area contributed by atoms with Crippen molar-refractivity contribution in [2.75, 3.05) is 17.8 Å². The van der Waals surface area contributed by atoms with E-state index < -0.39 is 12.2 Å². The van der Waals surface area contributed by atoms with Gasteiger partial charge in [0.2, 0.25) is 23.2 Å². The number of benzene rings is 2. The number of anilines is 1. The van der Waals surface area contributed by atoms with Crippen molar-refractivity contribution in [1.29, 1.82) is 0 Å². The molecule has 0 unspecified atom stereocenters. The molecule has 0 radical (unpaired) electrons. The summed E-state index contributed by atoms with van der Waals surface area (Å²) >= 11 is 4.85. The monoisotopic (exact) mass is 572 g/mol. The maximum absolute atomic E-state index is 13.5. The number of carbonyl (C=O) groups excluding carboxylic acids is 2. The number of para-hydroxylation sites is 1. The Morgan fingerprint density at radius 3 is 2.61 bits per heavy atom. The molecule has 0 saturated heterocycles. The summed E-state index contributed by atoms with van der Waals surface area (Å²) in [5.74, 6) is 0.0854. The van der Waals surface area contributed by atoms with Crippen molar-refractivity contribution in [3.8, 4) is 28.6 Å². The molecule has 0 spiro atoms. The molecule has 0 saturated carbocycles. The first kappa shape index (κ1) is 25.9. The highest BCUT2D eigenvalue weighted by Gasteiger charge is 2.38. The first-order valence-electron chi connectivity index (χ1n) is 11.4. The van der Waals surface area contributed by atoms with Crippen LogP contribution >= 0.6 is 27.7 Å². The lowest BCUT2D eigenvalue weighted by Gasteiger charge is -2.32. The van der Waals surface area contributed by atoms with Crippen molar-refractivity contribution in [2.24, 2.45) is 0 Å². The van der Waals surface area contributed by atoms with Gasteiger partial charge in [-0.15, -0.1) is 10.2 Å². The molecule has 1 amide bonds. The van der Waals surface area contributed by atoms with Crippen molar-refractivity contribution < 1.29 is 23.8 Å². The summed E-state index contributed by atoms with van der Waals surface area (Å²) in [7, 11) is 0. The third-order valence-electron chi connectivity index (χ3n) is 5.38. The number of carbonyl (C=O) groups is 2. The van der Waals surface area contributed by atoms with Crippen LogP contribution in [0.1, 0.15) is 45.4 Å². The smallest absolute Gasteiger partial charge is 0.311 e. The third-order valence-corrected chi connectivity index (χ3v) is 6.38. The van der Waals surface area contributed by atoms with E-state index in [9.17, 15) is 9.59 Å². The average Bonchev–Trinajstić information content (AvgIpc) is 3.03. The fraction of sp³-hybridized carbons (Fsp3) is 0.320. The van der Waals surface area contributed by atoms with Crippen LogP contribution in [0.15, 0.2) is 46.0 Å². The molecular weight excluding hydrogens is 548 g/mol. The second-order valence-electron chi connectivity index (χ2n) is 7.64. The van der Waals surface area contributed by atoms with Crippen LogP contribution in [0.4, 0.5) is 5.69 Å². The minimum Gasteiger partial charge on any atom is -0.490 e. The van der Waals surface area contributed by atoms with Crippen molar-refractivity contribution in [3.63, 3.8) is 0 Å². The maximum atomic E-state index is 13.5. The highest BCUT2D eigenvalue weighted by atomic mass is 79.9. The molecule has 2 heterocycles. The van der Waals surface area contributed by atoms with Gasteiger partial charge in [0.1, 0.15) is 0 Å². The molecule has 3 aromatic rings. The number of halogens is 1. The second-order valence-corrected chi connectivity index (χ2v) is 9.33. The van der Waals surface area contributed by atoms with E-state index in [-0.39, 0.29) is 30.4 Å². The van der Waals surface area contributed by atoms with Gasteiger partial charge in [-0.25, -0.2) is 0 Å². The van der Waals surface area contributed by atoms with Gasteiger partial charge < -0.3 is 14.2 Å². The van der Waals surface area contributed by atoms with Gasteiger partial charge in [0.25, 0.3) is 0 Å². The van der Waals surface area contributed by atoms with Crippen molar-refractivity contribution >= 4 is 45.3 Å².